The average molecular weight is 369 g/mol. The van der Waals surface area contributed by atoms with Crippen molar-refractivity contribution in [3.63, 3.8) is 0 Å². The molecule has 0 unspecified atom stereocenters. The number of carbonyl (C=O) groups excluding carboxylic acids is 2. The number of aromatic amines is 1. The van der Waals surface area contributed by atoms with Crippen molar-refractivity contribution in [1.82, 2.24) is 10.3 Å². The van der Waals surface area contributed by atoms with Crippen LogP contribution in [0.2, 0.25) is 5.02 Å². The van der Waals surface area contributed by atoms with E-state index in [1.165, 1.54) is 0 Å². The van der Waals surface area contributed by atoms with Gasteiger partial charge in [-0.05, 0) is 30.3 Å². The van der Waals surface area contributed by atoms with Crippen molar-refractivity contribution in [1.29, 1.82) is 0 Å². The third-order valence-corrected chi connectivity index (χ3v) is 4.07. The molecule has 0 saturated heterocycles. The van der Waals surface area contributed by atoms with E-state index < -0.39 is 0 Å². The quantitative estimate of drug-likeness (QED) is 0.504. The number of rotatable bonds is 5. The van der Waals surface area contributed by atoms with Crippen molar-refractivity contribution in [2.24, 2.45) is 0 Å². The Morgan fingerprint density at radius 2 is 1.69 bits per heavy atom. The standard InChI is InChI=1S/C19H17ClN4O2/c1-2-11-21-19(26)23-13-9-7-12(8-10-13)22-18(25)17-16(20)14-5-3-4-6-15(14)24-17/h2-10,24H,1,11H2,(H,22,25)(H2,21,23,26). The summed E-state index contributed by atoms with van der Waals surface area (Å²) >= 11 is 6.29. The van der Waals surface area contributed by atoms with E-state index in [9.17, 15) is 9.59 Å². The highest BCUT2D eigenvalue weighted by Gasteiger charge is 2.16. The number of benzene rings is 2. The first-order chi connectivity index (χ1) is 12.6. The number of H-pyrrole nitrogens is 1. The lowest BCUT2D eigenvalue weighted by Gasteiger charge is -2.08. The number of halogens is 1. The summed E-state index contributed by atoms with van der Waals surface area (Å²) in [6.07, 6.45) is 1.59. The van der Waals surface area contributed by atoms with Crippen LogP contribution in [0.25, 0.3) is 10.9 Å². The molecule has 2 aromatic carbocycles. The first-order valence-electron chi connectivity index (χ1n) is 7.92. The molecule has 0 aliphatic carbocycles. The molecule has 132 valence electrons. The minimum Gasteiger partial charge on any atom is -0.349 e. The van der Waals surface area contributed by atoms with Crippen molar-refractivity contribution in [3.05, 3.63) is 71.9 Å². The molecule has 3 rings (SSSR count). The molecule has 0 spiro atoms. The van der Waals surface area contributed by atoms with Crippen LogP contribution in [-0.2, 0) is 0 Å². The van der Waals surface area contributed by atoms with E-state index in [0.717, 1.165) is 10.9 Å². The average Bonchev–Trinajstić information content (AvgIpc) is 2.99. The lowest BCUT2D eigenvalue weighted by molar-refractivity contribution is 0.102. The van der Waals surface area contributed by atoms with Gasteiger partial charge in [0.15, 0.2) is 0 Å². The summed E-state index contributed by atoms with van der Waals surface area (Å²) in [5, 5.41) is 9.25. The molecular formula is C19H17ClN4O2. The normalized spacial score (nSPS) is 10.3. The summed E-state index contributed by atoms with van der Waals surface area (Å²) in [5.41, 5.74) is 2.29. The molecule has 0 saturated carbocycles. The van der Waals surface area contributed by atoms with E-state index >= 15 is 0 Å². The Morgan fingerprint density at radius 3 is 2.35 bits per heavy atom. The second-order valence-electron chi connectivity index (χ2n) is 5.51. The van der Waals surface area contributed by atoms with Crippen LogP contribution in [0.1, 0.15) is 10.5 Å². The fraction of sp³-hybridized carbons (Fsp3) is 0.0526. The molecule has 0 radical (unpaired) electrons. The molecule has 0 atom stereocenters. The third-order valence-electron chi connectivity index (χ3n) is 3.68. The molecule has 0 bridgehead atoms. The highest BCUT2D eigenvalue weighted by Crippen LogP contribution is 2.27. The summed E-state index contributed by atoms with van der Waals surface area (Å²) in [6, 6.07) is 13.9. The van der Waals surface area contributed by atoms with E-state index in [0.29, 0.717) is 28.6 Å². The molecule has 26 heavy (non-hydrogen) atoms. The van der Waals surface area contributed by atoms with Gasteiger partial charge in [0.25, 0.3) is 5.91 Å². The second-order valence-corrected chi connectivity index (χ2v) is 5.89. The maximum Gasteiger partial charge on any atom is 0.319 e. The van der Waals surface area contributed by atoms with Gasteiger partial charge in [-0.1, -0.05) is 35.9 Å². The predicted molar refractivity (Wildman–Crippen MR) is 105 cm³/mol. The third kappa shape index (κ3) is 3.87. The van der Waals surface area contributed by atoms with Crippen molar-refractivity contribution < 1.29 is 9.59 Å². The molecule has 4 N–H and O–H groups in total. The van der Waals surface area contributed by atoms with Gasteiger partial charge in [0.2, 0.25) is 0 Å². The highest BCUT2D eigenvalue weighted by molar-refractivity contribution is 6.39. The number of anilines is 2. The number of para-hydroxylation sites is 1. The Morgan fingerprint density at radius 1 is 1.04 bits per heavy atom. The summed E-state index contributed by atoms with van der Waals surface area (Å²) in [5.74, 6) is -0.337. The van der Waals surface area contributed by atoms with Crippen LogP contribution >= 0.6 is 11.6 Å². The van der Waals surface area contributed by atoms with Crippen molar-refractivity contribution in [3.8, 4) is 0 Å². The van der Waals surface area contributed by atoms with Crippen molar-refractivity contribution in [2.45, 2.75) is 0 Å². The van der Waals surface area contributed by atoms with Gasteiger partial charge in [0, 0.05) is 28.8 Å². The smallest absolute Gasteiger partial charge is 0.319 e. The van der Waals surface area contributed by atoms with Gasteiger partial charge >= 0.3 is 6.03 Å². The fourth-order valence-electron chi connectivity index (χ4n) is 2.43. The zero-order valence-electron chi connectivity index (χ0n) is 13.8. The molecule has 0 fully saturated rings. The topological polar surface area (TPSA) is 86.0 Å². The summed E-state index contributed by atoms with van der Waals surface area (Å²) in [7, 11) is 0. The first kappa shape index (κ1) is 17.6. The van der Waals surface area contributed by atoms with E-state index in [1.807, 2.05) is 24.3 Å². The van der Waals surface area contributed by atoms with Crippen LogP contribution in [0.5, 0.6) is 0 Å². The molecule has 3 amide bonds. The molecule has 3 aromatic rings. The van der Waals surface area contributed by atoms with Gasteiger partial charge in [0.05, 0.1) is 5.02 Å². The summed E-state index contributed by atoms with van der Waals surface area (Å²) < 4.78 is 0. The maximum atomic E-state index is 12.5. The van der Waals surface area contributed by atoms with Crippen LogP contribution in [0, 0.1) is 0 Å². The molecular weight excluding hydrogens is 352 g/mol. The lowest BCUT2D eigenvalue weighted by atomic mass is 10.2. The number of aromatic nitrogens is 1. The Labute approximate surface area is 155 Å². The van der Waals surface area contributed by atoms with E-state index in [4.69, 9.17) is 11.6 Å². The predicted octanol–water partition coefficient (Wildman–Crippen LogP) is 4.38. The largest absolute Gasteiger partial charge is 0.349 e. The van der Waals surface area contributed by atoms with E-state index in [1.54, 1.807) is 30.3 Å². The molecule has 1 heterocycles. The summed E-state index contributed by atoms with van der Waals surface area (Å²) in [6.45, 7) is 3.91. The highest BCUT2D eigenvalue weighted by atomic mass is 35.5. The number of nitrogens with one attached hydrogen (secondary N) is 4. The number of hydrogen-bond acceptors (Lipinski definition) is 2. The zero-order valence-corrected chi connectivity index (χ0v) is 14.6. The number of fused-ring (bicyclic) bond motifs is 1. The summed E-state index contributed by atoms with van der Waals surface area (Å²) in [4.78, 5) is 27.1. The van der Waals surface area contributed by atoms with Crippen LogP contribution < -0.4 is 16.0 Å². The fourth-order valence-corrected chi connectivity index (χ4v) is 2.73. The van der Waals surface area contributed by atoms with Crippen LogP contribution in [0.4, 0.5) is 16.2 Å². The second kappa shape index (κ2) is 7.76. The van der Waals surface area contributed by atoms with Crippen molar-refractivity contribution in [2.75, 3.05) is 17.2 Å². The van der Waals surface area contributed by atoms with Gasteiger partial charge in [-0.2, -0.15) is 0 Å². The van der Waals surface area contributed by atoms with Crippen LogP contribution in [0.3, 0.4) is 0 Å². The molecule has 0 aliphatic heterocycles. The molecule has 7 heteroatoms. The Bertz CT molecular complexity index is 963. The Balaban J connectivity index is 1.68. The van der Waals surface area contributed by atoms with Crippen LogP contribution in [0.15, 0.2) is 61.2 Å². The maximum absolute atomic E-state index is 12.5. The SMILES string of the molecule is C=CCNC(=O)Nc1ccc(NC(=O)c2[nH]c3ccccc3c2Cl)cc1. The first-order valence-corrected chi connectivity index (χ1v) is 8.29. The van der Waals surface area contributed by atoms with E-state index in [2.05, 4.69) is 27.5 Å². The van der Waals surface area contributed by atoms with Gasteiger partial charge < -0.3 is 20.9 Å². The molecule has 6 nitrogen and oxygen atoms in total. The number of carbonyl (C=O) groups is 2. The Kier molecular flexibility index (Phi) is 5.24. The van der Waals surface area contributed by atoms with E-state index in [-0.39, 0.29) is 11.9 Å². The zero-order chi connectivity index (χ0) is 18.5. The number of urea groups is 1. The van der Waals surface area contributed by atoms with Gasteiger partial charge in [-0.3, -0.25) is 4.79 Å². The number of amides is 3. The minimum atomic E-state index is -0.337. The monoisotopic (exact) mass is 368 g/mol. The van der Waals surface area contributed by atoms with Crippen LogP contribution in [-0.4, -0.2) is 23.5 Å². The Hall–Kier alpha value is -3.25. The van der Waals surface area contributed by atoms with Crippen molar-refractivity contribution >= 4 is 45.8 Å². The minimum absolute atomic E-state index is 0.305. The number of hydrogen-bond donors (Lipinski definition) is 4. The van der Waals surface area contributed by atoms with Gasteiger partial charge in [0.1, 0.15) is 5.69 Å². The lowest BCUT2D eigenvalue weighted by Crippen LogP contribution is -2.28. The van der Waals surface area contributed by atoms with Gasteiger partial charge in [-0.15, -0.1) is 6.58 Å². The molecule has 0 aliphatic rings. The van der Waals surface area contributed by atoms with Gasteiger partial charge in [-0.25, -0.2) is 4.79 Å². The molecule has 1 aromatic heterocycles.